The van der Waals surface area contributed by atoms with Crippen molar-refractivity contribution in [3.63, 3.8) is 0 Å². The summed E-state index contributed by atoms with van der Waals surface area (Å²) >= 11 is 0. The molecule has 1 N–H and O–H groups in total. The predicted octanol–water partition coefficient (Wildman–Crippen LogP) is 2.21. The Labute approximate surface area is 174 Å². The van der Waals surface area contributed by atoms with Crippen LogP contribution in [0.1, 0.15) is 35.0 Å². The lowest BCUT2D eigenvalue weighted by Gasteiger charge is -2.35. The van der Waals surface area contributed by atoms with Crippen molar-refractivity contribution < 1.29 is 23.1 Å². The fourth-order valence-corrected chi connectivity index (χ4v) is 4.17. The average Bonchev–Trinajstić information content (AvgIpc) is 3.48. The number of halogens is 1. The fourth-order valence-electron chi connectivity index (χ4n) is 4.17. The van der Waals surface area contributed by atoms with Gasteiger partial charge < -0.3 is 19.4 Å². The summed E-state index contributed by atoms with van der Waals surface area (Å²) in [5.74, 6) is -0.484. The van der Waals surface area contributed by atoms with Gasteiger partial charge in [0.2, 0.25) is 5.91 Å². The van der Waals surface area contributed by atoms with Gasteiger partial charge in [0.1, 0.15) is 11.9 Å². The Kier molecular flexibility index (Phi) is 6.44. The molecular weight excluding hydrogens is 389 g/mol. The first-order chi connectivity index (χ1) is 14.6. The maximum atomic E-state index is 13.4. The minimum absolute atomic E-state index is 0.0888. The molecule has 0 aliphatic carbocycles. The Bertz CT molecular complexity index is 850. The molecule has 2 fully saturated rings. The number of morpholine rings is 1. The van der Waals surface area contributed by atoms with E-state index < -0.39 is 6.04 Å². The first-order valence-corrected chi connectivity index (χ1v) is 10.3. The number of benzene rings is 1. The number of amides is 2. The molecule has 8 heteroatoms. The number of hydrogen-bond acceptors (Lipinski definition) is 5. The molecule has 0 saturated carbocycles. The summed E-state index contributed by atoms with van der Waals surface area (Å²) in [4.78, 5) is 29.4. The molecule has 2 atom stereocenters. The van der Waals surface area contributed by atoms with E-state index in [1.54, 1.807) is 29.2 Å². The van der Waals surface area contributed by atoms with E-state index in [4.69, 9.17) is 9.15 Å². The molecule has 2 unspecified atom stereocenters. The molecule has 0 radical (unpaired) electrons. The van der Waals surface area contributed by atoms with Crippen LogP contribution in [-0.4, -0.2) is 67.0 Å². The molecular formula is C22H26FN3O4. The van der Waals surface area contributed by atoms with Gasteiger partial charge in [-0.05, 0) is 42.7 Å². The molecule has 2 aliphatic rings. The minimum atomic E-state index is -0.513. The van der Waals surface area contributed by atoms with Gasteiger partial charge >= 0.3 is 0 Å². The monoisotopic (exact) mass is 415 g/mol. The van der Waals surface area contributed by atoms with E-state index in [-0.39, 0.29) is 29.4 Å². The van der Waals surface area contributed by atoms with Crippen LogP contribution in [0.4, 0.5) is 4.39 Å². The maximum Gasteiger partial charge on any atom is 0.290 e. The van der Waals surface area contributed by atoms with E-state index in [1.165, 1.54) is 18.4 Å². The summed E-state index contributed by atoms with van der Waals surface area (Å²) in [7, 11) is 0. The van der Waals surface area contributed by atoms with Gasteiger partial charge in [-0.25, -0.2) is 4.39 Å². The van der Waals surface area contributed by atoms with Crippen LogP contribution in [0.5, 0.6) is 0 Å². The van der Waals surface area contributed by atoms with Gasteiger partial charge in [-0.1, -0.05) is 12.1 Å². The van der Waals surface area contributed by atoms with Crippen molar-refractivity contribution in [1.82, 2.24) is 15.1 Å². The van der Waals surface area contributed by atoms with Crippen molar-refractivity contribution >= 4 is 11.8 Å². The largest absolute Gasteiger partial charge is 0.459 e. The number of rotatable bonds is 6. The molecule has 2 aromatic rings. The highest BCUT2D eigenvalue weighted by Gasteiger charge is 2.36. The van der Waals surface area contributed by atoms with Crippen molar-refractivity contribution in [2.24, 2.45) is 0 Å². The molecule has 30 heavy (non-hydrogen) atoms. The van der Waals surface area contributed by atoms with Crippen molar-refractivity contribution in [3.05, 3.63) is 59.8 Å². The number of likely N-dealkylation sites (tertiary alicyclic amines) is 1. The zero-order valence-electron chi connectivity index (χ0n) is 16.8. The summed E-state index contributed by atoms with van der Waals surface area (Å²) in [6.45, 7) is 3.64. The molecule has 7 nitrogen and oxygen atoms in total. The van der Waals surface area contributed by atoms with Gasteiger partial charge in [-0.2, -0.15) is 0 Å². The van der Waals surface area contributed by atoms with Crippen LogP contribution in [0.2, 0.25) is 0 Å². The number of nitrogens with zero attached hydrogens (tertiary/aromatic N) is 2. The topological polar surface area (TPSA) is 75.0 Å². The Balaban J connectivity index is 1.43. The quantitative estimate of drug-likeness (QED) is 0.783. The molecule has 0 bridgehead atoms. The van der Waals surface area contributed by atoms with E-state index in [0.717, 1.165) is 25.1 Å². The highest BCUT2D eigenvalue weighted by Crippen LogP contribution is 2.24. The third-order valence-electron chi connectivity index (χ3n) is 5.76. The standard InChI is InChI=1S/C22H26FN3O4/c23-17-7-5-16(6-8-17)19(25-10-13-29-14-11-25)15-24-21(27)18-3-1-9-26(18)22(28)20-4-2-12-30-20/h2,4-8,12,18-19H,1,3,9-11,13-15H2,(H,24,27). The van der Waals surface area contributed by atoms with Gasteiger partial charge in [0.15, 0.2) is 5.76 Å². The number of carbonyl (C=O) groups excluding carboxylic acids is 2. The maximum absolute atomic E-state index is 13.4. The van der Waals surface area contributed by atoms with Gasteiger partial charge in [0.05, 0.1) is 25.5 Å². The van der Waals surface area contributed by atoms with Crippen LogP contribution >= 0.6 is 0 Å². The third-order valence-corrected chi connectivity index (χ3v) is 5.76. The van der Waals surface area contributed by atoms with Crippen LogP contribution in [0.25, 0.3) is 0 Å². The SMILES string of the molecule is O=C(NCC(c1ccc(F)cc1)N1CCOCC1)C1CCCN1C(=O)c1ccco1. The second-order valence-electron chi connectivity index (χ2n) is 7.59. The normalized spacial score (nSPS) is 20.8. The van der Waals surface area contributed by atoms with E-state index in [2.05, 4.69) is 10.2 Å². The second kappa shape index (κ2) is 9.40. The Morgan fingerprint density at radius 3 is 2.60 bits per heavy atom. The molecule has 1 aromatic carbocycles. The van der Waals surface area contributed by atoms with Crippen LogP contribution in [-0.2, 0) is 9.53 Å². The van der Waals surface area contributed by atoms with Gasteiger partial charge in [-0.3, -0.25) is 14.5 Å². The zero-order chi connectivity index (χ0) is 20.9. The Morgan fingerprint density at radius 1 is 1.13 bits per heavy atom. The molecule has 2 aliphatic heterocycles. The number of furan rings is 1. The molecule has 3 heterocycles. The number of hydrogen-bond donors (Lipinski definition) is 1. The van der Waals surface area contributed by atoms with Crippen molar-refractivity contribution in [2.75, 3.05) is 39.4 Å². The Hall–Kier alpha value is -2.71. The molecule has 1 aromatic heterocycles. The van der Waals surface area contributed by atoms with E-state index in [9.17, 15) is 14.0 Å². The molecule has 4 rings (SSSR count). The second-order valence-corrected chi connectivity index (χ2v) is 7.59. The lowest BCUT2D eigenvalue weighted by atomic mass is 10.0. The number of ether oxygens (including phenoxy) is 1. The lowest BCUT2D eigenvalue weighted by molar-refractivity contribution is -0.125. The van der Waals surface area contributed by atoms with E-state index >= 15 is 0 Å². The smallest absolute Gasteiger partial charge is 0.290 e. The van der Waals surface area contributed by atoms with Crippen LogP contribution in [0.15, 0.2) is 47.1 Å². The molecule has 0 spiro atoms. The van der Waals surface area contributed by atoms with Crippen LogP contribution < -0.4 is 5.32 Å². The van der Waals surface area contributed by atoms with E-state index in [0.29, 0.717) is 32.7 Å². The van der Waals surface area contributed by atoms with Gasteiger partial charge in [0, 0.05) is 26.2 Å². The molecule has 2 amide bonds. The number of nitrogens with one attached hydrogen (secondary N) is 1. The van der Waals surface area contributed by atoms with Crippen LogP contribution in [0.3, 0.4) is 0 Å². The summed E-state index contributed by atoms with van der Waals surface area (Å²) in [5.41, 5.74) is 0.938. The third kappa shape index (κ3) is 4.55. The summed E-state index contributed by atoms with van der Waals surface area (Å²) in [6.07, 6.45) is 2.85. The minimum Gasteiger partial charge on any atom is -0.459 e. The zero-order valence-corrected chi connectivity index (χ0v) is 16.8. The summed E-state index contributed by atoms with van der Waals surface area (Å²) in [5, 5.41) is 3.03. The molecule has 160 valence electrons. The van der Waals surface area contributed by atoms with Crippen molar-refractivity contribution in [1.29, 1.82) is 0 Å². The average molecular weight is 415 g/mol. The Morgan fingerprint density at radius 2 is 1.90 bits per heavy atom. The van der Waals surface area contributed by atoms with Gasteiger partial charge in [-0.15, -0.1) is 0 Å². The first-order valence-electron chi connectivity index (χ1n) is 10.3. The van der Waals surface area contributed by atoms with E-state index in [1.807, 2.05) is 0 Å². The van der Waals surface area contributed by atoms with Crippen LogP contribution in [0, 0.1) is 5.82 Å². The lowest BCUT2D eigenvalue weighted by Crippen LogP contribution is -2.49. The summed E-state index contributed by atoms with van der Waals surface area (Å²) in [6, 6.07) is 9.05. The highest BCUT2D eigenvalue weighted by atomic mass is 19.1. The highest BCUT2D eigenvalue weighted by molar-refractivity contribution is 5.96. The number of carbonyl (C=O) groups is 2. The van der Waals surface area contributed by atoms with Crippen molar-refractivity contribution in [2.45, 2.75) is 24.9 Å². The molecule has 2 saturated heterocycles. The van der Waals surface area contributed by atoms with Gasteiger partial charge in [0.25, 0.3) is 5.91 Å². The summed E-state index contributed by atoms with van der Waals surface area (Å²) < 4.78 is 24.1. The first kappa shape index (κ1) is 20.6. The van der Waals surface area contributed by atoms with Crippen molar-refractivity contribution in [3.8, 4) is 0 Å². The fraction of sp³-hybridized carbons (Fsp3) is 0.455. The predicted molar refractivity (Wildman–Crippen MR) is 107 cm³/mol.